The predicted molar refractivity (Wildman–Crippen MR) is 93.1 cm³/mol. The van der Waals surface area contributed by atoms with Gasteiger partial charge in [0.15, 0.2) is 5.82 Å². The molecule has 0 spiro atoms. The minimum absolute atomic E-state index is 0.155. The highest BCUT2D eigenvalue weighted by Gasteiger charge is 2.24. The van der Waals surface area contributed by atoms with Gasteiger partial charge in [0, 0.05) is 11.6 Å². The number of rotatable bonds is 3. The smallest absolute Gasteiger partial charge is 0.150 e. The summed E-state index contributed by atoms with van der Waals surface area (Å²) in [6, 6.07) is 2.92. The maximum absolute atomic E-state index is 14.5. The van der Waals surface area contributed by atoms with Crippen LogP contribution >= 0.6 is 23.2 Å². The number of ether oxygens (including phenoxy) is 1. The average molecular weight is 369 g/mol. The SMILES string of the molecule is Fc1cc(Cl)c(OC2CCCC2)cc1-n1nc2c(c1Cl)CCCC2. The van der Waals surface area contributed by atoms with Gasteiger partial charge in [-0.2, -0.15) is 5.10 Å². The van der Waals surface area contributed by atoms with E-state index in [2.05, 4.69) is 5.10 Å². The predicted octanol–water partition coefficient (Wildman–Crippen LogP) is 5.52. The van der Waals surface area contributed by atoms with Gasteiger partial charge in [0.2, 0.25) is 0 Å². The molecular weight excluding hydrogens is 350 g/mol. The van der Waals surface area contributed by atoms with Gasteiger partial charge in [-0.15, -0.1) is 0 Å². The van der Waals surface area contributed by atoms with Gasteiger partial charge in [0.25, 0.3) is 0 Å². The monoisotopic (exact) mass is 368 g/mol. The third-order valence-corrected chi connectivity index (χ3v) is 5.60. The van der Waals surface area contributed by atoms with Crippen molar-refractivity contribution in [3.63, 3.8) is 0 Å². The Balaban J connectivity index is 1.73. The van der Waals surface area contributed by atoms with Gasteiger partial charge in [-0.25, -0.2) is 9.07 Å². The average Bonchev–Trinajstić information content (AvgIpc) is 3.19. The molecule has 1 heterocycles. The molecule has 0 amide bonds. The zero-order valence-corrected chi connectivity index (χ0v) is 14.8. The van der Waals surface area contributed by atoms with E-state index >= 15 is 0 Å². The molecule has 2 aliphatic rings. The van der Waals surface area contributed by atoms with Crippen molar-refractivity contribution < 1.29 is 9.13 Å². The summed E-state index contributed by atoms with van der Waals surface area (Å²) in [6.07, 6.45) is 8.48. The van der Waals surface area contributed by atoms with Gasteiger partial charge in [-0.1, -0.05) is 23.2 Å². The highest BCUT2D eigenvalue weighted by atomic mass is 35.5. The van der Waals surface area contributed by atoms with Gasteiger partial charge < -0.3 is 4.74 Å². The molecule has 0 saturated heterocycles. The zero-order valence-electron chi connectivity index (χ0n) is 13.3. The lowest BCUT2D eigenvalue weighted by Crippen LogP contribution is -2.12. The van der Waals surface area contributed by atoms with E-state index in [1.165, 1.54) is 10.7 Å². The molecule has 0 aliphatic heterocycles. The summed E-state index contributed by atoms with van der Waals surface area (Å²) in [6.45, 7) is 0. The molecule has 1 fully saturated rings. The second-order valence-corrected chi connectivity index (χ2v) is 7.36. The Morgan fingerprint density at radius 2 is 1.83 bits per heavy atom. The van der Waals surface area contributed by atoms with Gasteiger partial charge in [-0.05, 0) is 57.4 Å². The number of halogens is 3. The van der Waals surface area contributed by atoms with Crippen LogP contribution in [0, 0.1) is 5.82 Å². The topological polar surface area (TPSA) is 27.1 Å². The first-order valence-corrected chi connectivity index (χ1v) is 9.31. The second kappa shape index (κ2) is 6.57. The maximum atomic E-state index is 14.5. The van der Waals surface area contributed by atoms with E-state index in [1.54, 1.807) is 6.07 Å². The molecule has 1 saturated carbocycles. The molecule has 2 aromatic rings. The van der Waals surface area contributed by atoms with Crippen molar-refractivity contribution in [3.05, 3.63) is 39.4 Å². The van der Waals surface area contributed by atoms with Gasteiger partial charge >= 0.3 is 0 Å². The van der Waals surface area contributed by atoms with E-state index in [0.717, 1.165) is 62.6 Å². The highest BCUT2D eigenvalue weighted by Crippen LogP contribution is 2.36. The molecule has 0 bridgehead atoms. The van der Waals surface area contributed by atoms with Crippen molar-refractivity contribution in [1.82, 2.24) is 9.78 Å². The Morgan fingerprint density at radius 1 is 1.08 bits per heavy atom. The summed E-state index contributed by atoms with van der Waals surface area (Å²) in [5.41, 5.74) is 2.31. The fraction of sp³-hybridized carbons (Fsp3) is 0.500. The molecule has 24 heavy (non-hydrogen) atoms. The number of hydrogen-bond donors (Lipinski definition) is 0. The quantitative estimate of drug-likeness (QED) is 0.713. The summed E-state index contributed by atoms with van der Waals surface area (Å²) in [7, 11) is 0. The van der Waals surface area contributed by atoms with E-state index in [0.29, 0.717) is 16.6 Å². The van der Waals surface area contributed by atoms with Crippen LogP contribution < -0.4 is 4.74 Å². The molecule has 0 unspecified atom stereocenters. The maximum Gasteiger partial charge on any atom is 0.150 e. The third kappa shape index (κ3) is 2.91. The number of nitrogens with zero attached hydrogens (tertiary/aromatic N) is 2. The summed E-state index contributed by atoms with van der Waals surface area (Å²) in [5, 5.41) is 5.32. The molecule has 0 radical (unpaired) electrons. The first-order chi connectivity index (χ1) is 11.6. The number of benzene rings is 1. The van der Waals surface area contributed by atoms with Crippen molar-refractivity contribution in [1.29, 1.82) is 0 Å². The molecule has 3 nitrogen and oxygen atoms in total. The molecule has 1 aromatic heterocycles. The van der Waals surface area contributed by atoms with Crippen molar-refractivity contribution in [2.24, 2.45) is 0 Å². The normalized spacial score (nSPS) is 18.0. The largest absolute Gasteiger partial charge is 0.489 e. The van der Waals surface area contributed by atoms with Crippen LogP contribution in [0.15, 0.2) is 12.1 Å². The molecule has 128 valence electrons. The summed E-state index contributed by atoms with van der Waals surface area (Å²) in [4.78, 5) is 0. The first kappa shape index (κ1) is 16.2. The van der Waals surface area contributed by atoms with Crippen LogP contribution in [-0.2, 0) is 12.8 Å². The van der Waals surface area contributed by atoms with E-state index in [-0.39, 0.29) is 11.1 Å². The van der Waals surface area contributed by atoms with Crippen molar-refractivity contribution in [2.75, 3.05) is 0 Å². The zero-order chi connectivity index (χ0) is 16.7. The Bertz CT molecular complexity index is 769. The lowest BCUT2D eigenvalue weighted by Gasteiger charge is -2.16. The number of aromatic nitrogens is 2. The second-order valence-electron chi connectivity index (χ2n) is 6.59. The van der Waals surface area contributed by atoms with E-state index in [9.17, 15) is 4.39 Å². The van der Waals surface area contributed by atoms with Gasteiger partial charge in [-0.3, -0.25) is 0 Å². The number of fused-ring (bicyclic) bond motifs is 1. The Hall–Kier alpha value is -1.26. The number of aryl methyl sites for hydroxylation is 1. The Morgan fingerprint density at radius 3 is 2.58 bits per heavy atom. The molecule has 1 aromatic carbocycles. The van der Waals surface area contributed by atoms with Crippen LogP contribution in [0.3, 0.4) is 0 Å². The molecule has 4 rings (SSSR count). The van der Waals surface area contributed by atoms with Crippen LogP contribution in [0.1, 0.15) is 49.8 Å². The van der Waals surface area contributed by atoms with E-state index in [1.807, 2.05) is 0 Å². The molecular formula is C18H19Cl2FN2O. The van der Waals surface area contributed by atoms with E-state index in [4.69, 9.17) is 27.9 Å². The van der Waals surface area contributed by atoms with Crippen LogP contribution in [-0.4, -0.2) is 15.9 Å². The van der Waals surface area contributed by atoms with Crippen molar-refractivity contribution in [2.45, 2.75) is 57.5 Å². The summed E-state index contributed by atoms with van der Waals surface area (Å²) < 4.78 is 22.0. The molecule has 2 aliphatic carbocycles. The number of hydrogen-bond acceptors (Lipinski definition) is 2. The van der Waals surface area contributed by atoms with Crippen molar-refractivity contribution in [3.8, 4) is 11.4 Å². The van der Waals surface area contributed by atoms with Crippen LogP contribution in [0.5, 0.6) is 5.75 Å². The lowest BCUT2D eigenvalue weighted by molar-refractivity contribution is 0.210. The summed E-state index contributed by atoms with van der Waals surface area (Å²) >= 11 is 12.7. The molecule has 6 heteroatoms. The standard InChI is InChI=1S/C18H19Cl2FN2O/c19-13-9-14(21)16(10-17(13)24-11-5-1-2-6-11)23-18(20)12-7-3-4-8-15(12)22-23/h9-11H,1-8H2. The minimum atomic E-state index is -0.444. The minimum Gasteiger partial charge on any atom is -0.489 e. The van der Waals surface area contributed by atoms with Crippen molar-refractivity contribution >= 4 is 23.2 Å². The first-order valence-electron chi connectivity index (χ1n) is 8.56. The fourth-order valence-corrected chi connectivity index (χ4v) is 4.16. The fourth-order valence-electron chi connectivity index (χ4n) is 3.63. The summed E-state index contributed by atoms with van der Waals surface area (Å²) in [5.74, 6) is 0.0602. The molecule has 0 atom stereocenters. The van der Waals surface area contributed by atoms with Crippen LogP contribution in [0.2, 0.25) is 10.2 Å². The highest BCUT2D eigenvalue weighted by molar-refractivity contribution is 6.32. The van der Waals surface area contributed by atoms with Gasteiger partial charge in [0.05, 0.1) is 16.8 Å². The van der Waals surface area contributed by atoms with Gasteiger partial charge in [0.1, 0.15) is 16.6 Å². The molecule has 0 N–H and O–H groups in total. The Labute approximate surface area is 150 Å². The van der Waals surface area contributed by atoms with Crippen LogP contribution in [0.25, 0.3) is 5.69 Å². The third-order valence-electron chi connectivity index (χ3n) is 4.92. The Kier molecular flexibility index (Phi) is 4.44. The lowest BCUT2D eigenvalue weighted by atomic mass is 9.99. The van der Waals surface area contributed by atoms with Crippen LogP contribution in [0.4, 0.5) is 4.39 Å². The van der Waals surface area contributed by atoms with E-state index < -0.39 is 5.82 Å².